The van der Waals surface area contributed by atoms with Gasteiger partial charge >= 0.3 is 6.61 Å². The number of ether oxygens (including phenoxy) is 2. The van der Waals surface area contributed by atoms with Gasteiger partial charge in [-0.1, -0.05) is 40.2 Å². The summed E-state index contributed by atoms with van der Waals surface area (Å²) in [4.78, 5) is 11.9. The molecule has 138 valence electrons. The lowest BCUT2D eigenvalue weighted by Gasteiger charge is -2.11. The summed E-state index contributed by atoms with van der Waals surface area (Å²) < 4.78 is 35.2. The molecule has 0 saturated heterocycles. The van der Waals surface area contributed by atoms with Gasteiger partial charge in [-0.3, -0.25) is 4.79 Å². The van der Waals surface area contributed by atoms with Gasteiger partial charge in [0.25, 0.3) is 0 Å². The van der Waals surface area contributed by atoms with Crippen LogP contribution in [-0.2, 0) is 11.2 Å². The number of halogens is 3. The maximum absolute atomic E-state index is 12.4. The Morgan fingerprint density at radius 1 is 1.23 bits per heavy atom. The molecule has 0 atom stereocenters. The molecule has 7 heteroatoms. The van der Waals surface area contributed by atoms with Crippen molar-refractivity contribution in [2.45, 2.75) is 13.0 Å². The summed E-state index contributed by atoms with van der Waals surface area (Å²) in [7, 11) is 1.38. The van der Waals surface area contributed by atoms with Gasteiger partial charge in [0.05, 0.1) is 7.11 Å². The van der Waals surface area contributed by atoms with Gasteiger partial charge in [-0.05, 0) is 41.8 Å². The van der Waals surface area contributed by atoms with Crippen molar-refractivity contribution in [2.75, 3.05) is 13.7 Å². The van der Waals surface area contributed by atoms with Gasteiger partial charge in [0.2, 0.25) is 5.91 Å². The highest BCUT2D eigenvalue weighted by atomic mass is 79.9. The summed E-state index contributed by atoms with van der Waals surface area (Å²) >= 11 is 3.41. The largest absolute Gasteiger partial charge is 0.493 e. The van der Waals surface area contributed by atoms with E-state index in [2.05, 4.69) is 26.0 Å². The fourth-order valence-corrected chi connectivity index (χ4v) is 2.65. The van der Waals surface area contributed by atoms with E-state index in [0.717, 1.165) is 15.6 Å². The normalized spacial score (nSPS) is 11.0. The summed E-state index contributed by atoms with van der Waals surface area (Å²) in [5.74, 6) is -0.0343. The maximum Gasteiger partial charge on any atom is 0.387 e. The van der Waals surface area contributed by atoms with E-state index >= 15 is 0 Å². The first kappa shape index (κ1) is 19.9. The van der Waals surface area contributed by atoms with E-state index in [0.29, 0.717) is 13.0 Å². The van der Waals surface area contributed by atoms with Crippen LogP contribution in [0.15, 0.2) is 53.0 Å². The smallest absolute Gasteiger partial charge is 0.387 e. The molecule has 0 fully saturated rings. The Hall–Kier alpha value is -2.41. The second-order valence-corrected chi connectivity index (χ2v) is 6.11. The first-order valence-electron chi connectivity index (χ1n) is 7.81. The Morgan fingerprint density at radius 2 is 2.00 bits per heavy atom. The Morgan fingerprint density at radius 3 is 2.69 bits per heavy atom. The number of methoxy groups -OCH3 is 1. The van der Waals surface area contributed by atoms with Gasteiger partial charge in [0.15, 0.2) is 11.5 Å². The van der Waals surface area contributed by atoms with Gasteiger partial charge < -0.3 is 14.8 Å². The number of benzene rings is 2. The number of carbonyl (C=O) groups excluding carboxylic acids is 1. The van der Waals surface area contributed by atoms with Crippen molar-refractivity contribution < 1.29 is 23.0 Å². The minimum absolute atomic E-state index is 0.0276. The zero-order chi connectivity index (χ0) is 18.9. The number of carbonyl (C=O) groups is 1. The molecule has 0 radical (unpaired) electrons. The first-order chi connectivity index (χ1) is 12.5. The van der Waals surface area contributed by atoms with Gasteiger partial charge in [0.1, 0.15) is 0 Å². The average molecular weight is 426 g/mol. The lowest BCUT2D eigenvalue weighted by atomic mass is 10.1. The third kappa shape index (κ3) is 6.15. The van der Waals surface area contributed by atoms with Crippen LogP contribution >= 0.6 is 15.9 Å². The van der Waals surface area contributed by atoms with Crippen molar-refractivity contribution in [3.8, 4) is 11.5 Å². The van der Waals surface area contributed by atoms with E-state index in [1.165, 1.54) is 19.3 Å². The second-order valence-electron chi connectivity index (χ2n) is 5.26. The van der Waals surface area contributed by atoms with Crippen LogP contribution in [0.25, 0.3) is 6.08 Å². The minimum Gasteiger partial charge on any atom is -0.493 e. The van der Waals surface area contributed by atoms with E-state index in [-0.39, 0.29) is 17.4 Å². The van der Waals surface area contributed by atoms with Crippen molar-refractivity contribution >= 4 is 27.9 Å². The van der Waals surface area contributed by atoms with Gasteiger partial charge in [0, 0.05) is 17.1 Å². The SMILES string of the molecule is COc1ccc(CCNC(=O)/C=C/c2ccccc2Br)cc1OC(F)F. The molecule has 2 aromatic rings. The highest BCUT2D eigenvalue weighted by molar-refractivity contribution is 9.10. The van der Waals surface area contributed by atoms with Crippen molar-refractivity contribution in [3.63, 3.8) is 0 Å². The van der Waals surface area contributed by atoms with Crippen LogP contribution in [-0.4, -0.2) is 26.2 Å². The second kappa shape index (κ2) is 9.91. The standard InChI is InChI=1S/C19H18BrF2NO3/c1-25-16-8-6-13(12-17(16)26-19(21)22)10-11-23-18(24)9-7-14-4-2-3-5-15(14)20/h2-9,12,19H,10-11H2,1H3,(H,23,24)/b9-7+. The minimum atomic E-state index is -2.93. The molecule has 0 spiro atoms. The molecule has 0 aliphatic carbocycles. The molecule has 4 nitrogen and oxygen atoms in total. The molecule has 2 aromatic carbocycles. The Labute approximate surface area is 158 Å². The molecule has 0 aliphatic rings. The molecule has 2 rings (SSSR count). The van der Waals surface area contributed by atoms with Gasteiger partial charge in [-0.2, -0.15) is 8.78 Å². The van der Waals surface area contributed by atoms with Gasteiger partial charge in [-0.15, -0.1) is 0 Å². The Kier molecular flexibility index (Phi) is 7.59. The van der Waals surface area contributed by atoms with Crippen LogP contribution in [0.5, 0.6) is 11.5 Å². The number of amides is 1. The third-order valence-electron chi connectivity index (χ3n) is 3.48. The van der Waals surface area contributed by atoms with Gasteiger partial charge in [-0.25, -0.2) is 0 Å². The van der Waals surface area contributed by atoms with E-state index in [1.807, 2.05) is 24.3 Å². The number of alkyl halides is 2. The maximum atomic E-state index is 12.4. The molecule has 1 amide bonds. The van der Waals surface area contributed by atoms with Crippen LogP contribution in [0.4, 0.5) is 8.78 Å². The lowest BCUT2D eigenvalue weighted by Crippen LogP contribution is -2.23. The molecule has 1 N–H and O–H groups in total. The van der Waals surface area contributed by atoms with Crippen molar-refractivity contribution in [3.05, 3.63) is 64.1 Å². The highest BCUT2D eigenvalue weighted by Gasteiger charge is 2.11. The fourth-order valence-electron chi connectivity index (χ4n) is 2.23. The monoisotopic (exact) mass is 425 g/mol. The number of hydrogen-bond acceptors (Lipinski definition) is 3. The van der Waals surface area contributed by atoms with E-state index in [1.54, 1.807) is 18.2 Å². The summed E-state index contributed by atoms with van der Waals surface area (Å²) in [6, 6.07) is 12.3. The summed E-state index contributed by atoms with van der Waals surface area (Å²) in [6.07, 6.45) is 3.62. The number of nitrogens with one attached hydrogen (secondary N) is 1. The molecule has 26 heavy (non-hydrogen) atoms. The summed E-state index contributed by atoms with van der Waals surface area (Å²) in [6.45, 7) is -2.57. The highest BCUT2D eigenvalue weighted by Crippen LogP contribution is 2.29. The van der Waals surface area contributed by atoms with Crippen LogP contribution in [0.3, 0.4) is 0 Å². The predicted octanol–water partition coefficient (Wildman–Crippen LogP) is 4.43. The van der Waals surface area contributed by atoms with Crippen LogP contribution < -0.4 is 14.8 Å². The van der Waals surface area contributed by atoms with Crippen LogP contribution in [0, 0.1) is 0 Å². The topological polar surface area (TPSA) is 47.6 Å². The van der Waals surface area contributed by atoms with Crippen LogP contribution in [0.1, 0.15) is 11.1 Å². The third-order valence-corrected chi connectivity index (χ3v) is 4.20. The quantitative estimate of drug-likeness (QED) is 0.636. The van der Waals surface area contributed by atoms with E-state index in [9.17, 15) is 13.6 Å². The fraction of sp³-hybridized carbons (Fsp3) is 0.211. The molecule has 0 heterocycles. The average Bonchev–Trinajstić information content (AvgIpc) is 2.61. The molecule has 0 unspecified atom stereocenters. The van der Waals surface area contributed by atoms with Crippen molar-refractivity contribution in [1.82, 2.24) is 5.32 Å². The van der Waals surface area contributed by atoms with Crippen LogP contribution in [0.2, 0.25) is 0 Å². The molecule has 0 saturated carbocycles. The first-order valence-corrected chi connectivity index (χ1v) is 8.61. The molecule has 0 aliphatic heterocycles. The van der Waals surface area contributed by atoms with E-state index in [4.69, 9.17) is 4.74 Å². The number of rotatable bonds is 8. The van der Waals surface area contributed by atoms with E-state index < -0.39 is 6.61 Å². The molecular formula is C19H18BrF2NO3. The Balaban J connectivity index is 1.89. The zero-order valence-corrected chi connectivity index (χ0v) is 15.6. The lowest BCUT2D eigenvalue weighted by molar-refractivity contribution is -0.116. The predicted molar refractivity (Wildman–Crippen MR) is 99.5 cm³/mol. The van der Waals surface area contributed by atoms with Crippen molar-refractivity contribution in [1.29, 1.82) is 0 Å². The van der Waals surface area contributed by atoms with Crippen molar-refractivity contribution in [2.24, 2.45) is 0 Å². The molecular weight excluding hydrogens is 408 g/mol. The zero-order valence-electron chi connectivity index (χ0n) is 14.0. The Bertz CT molecular complexity index is 781. The summed E-state index contributed by atoms with van der Waals surface area (Å²) in [5, 5.41) is 2.75. The molecule has 0 bridgehead atoms. The summed E-state index contributed by atoms with van der Waals surface area (Å²) in [5.41, 5.74) is 1.64. The molecule has 0 aromatic heterocycles. The number of hydrogen-bond donors (Lipinski definition) is 1.